The molecule has 0 spiro atoms. The van der Waals surface area contributed by atoms with Crippen LogP contribution >= 0.6 is 0 Å². The van der Waals surface area contributed by atoms with Crippen molar-refractivity contribution in [3.63, 3.8) is 0 Å². The van der Waals surface area contributed by atoms with E-state index in [0.717, 1.165) is 4.68 Å². The van der Waals surface area contributed by atoms with Crippen molar-refractivity contribution in [2.75, 3.05) is 7.11 Å². The number of nitrogens with zero attached hydrogens (tertiary/aromatic N) is 2. The van der Waals surface area contributed by atoms with Gasteiger partial charge in [0.1, 0.15) is 12.3 Å². The first-order chi connectivity index (χ1) is 8.70. The average Bonchev–Trinajstić information content (AvgIpc) is 2.41. The van der Waals surface area contributed by atoms with E-state index in [-0.39, 0.29) is 17.9 Å². The van der Waals surface area contributed by atoms with Crippen LogP contribution in [0.5, 0.6) is 5.75 Å². The Hall–Kier alpha value is -2.43. The summed E-state index contributed by atoms with van der Waals surface area (Å²) in [6.07, 6.45) is 1.47. The first kappa shape index (κ1) is 12.0. The topological polar surface area (TPSA) is 61.2 Å². The number of carbonyl (C=O) groups is 1. The van der Waals surface area contributed by atoms with Crippen molar-refractivity contribution in [1.29, 1.82) is 0 Å². The number of carbonyl (C=O) groups excluding carboxylic acids is 1. The number of hydrogen-bond acceptors (Lipinski definition) is 4. The SMILES string of the molecule is COc1cccc(C(=O)Cn2ncccc2=O)c1. The summed E-state index contributed by atoms with van der Waals surface area (Å²) in [5, 5.41) is 3.84. The summed E-state index contributed by atoms with van der Waals surface area (Å²) in [5.41, 5.74) is 0.195. The second-order valence-corrected chi connectivity index (χ2v) is 3.67. The van der Waals surface area contributed by atoms with Crippen LogP contribution in [0.2, 0.25) is 0 Å². The maximum atomic E-state index is 12.0. The van der Waals surface area contributed by atoms with E-state index in [1.807, 2.05) is 0 Å². The molecular formula is C13H12N2O3. The molecule has 0 radical (unpaired) electrons. The zero-order chi connectivity index (χ0) is 13.0. The summed E-state index contributed by atoms with van der Waals surface area (Å²) < 4.78 is 6.17. The third kappa shape index (κ3) is 2.63. The van der Waals surface area contributed by atoms with Gasteiger partial charge >= 0.3 is 0 Å². The lowest BCUT2D eigenvalue weighted by atomic mass is 10.1. The third-order valence-corrected chi connectivity index (χ3v) is 2.47. The first-order valence-electron chi connectivity index (χ1n) is 5.40. The summed E-state index contributed by atoms with van der Waals surface area (Å²) in [6.45, 7) is -0.0765. The Morgan fingerprint density at radius 1 is 1.33 bits per heavy atom. The Balaban J connectivity index is 2.22. The molecule has 18 heavy (non-hydrogen) atoms. The second-order valence-electron chi connectivity index (χ2n) is 3.67. The molecule has 0 saturated carbocycles. The van der Waals surface area contributed by atoms with E-state index in [9.17, 15) is 9.59 Å². The van der Waals surface area contributed by atoms with Gasteiger partial charge in [-0.05, 0) is 18.2 Å². The fourth-order valence-corrected chi connectivity index (χ4v) is 1.53. The van der Waals surface area contributed by atoms with Crippen LogP contribution < -0.4 is 10.3 Å². The fraction of sp³-hybridized carbons (Fsp3) is 0.154. The number of ketones is 1. The van der Waals surface area contributed by atoms with Crippen molar-refractivity contribution < 1.29 is 9.53 Å². The van der Waals surface area contributed by atoms with Crippen molar-refractivity contribution in [2.45, 2.75) is 6.54 Å². The van der Waals surface area contributed by atoms with E-state index in [0.29, 0.717) is 11.3 Å². The Bertz CT molecular complexity index is 619. The molecule has 0 N–H and O–H groups in total. The monoisotopic (exact) mass is 244 g/mol. The lowest BCUT2D eigenvalue weighted by Crippen LogP contribution is -2.25. The van der Waals surface area contributed by atoms with E-state index in [2.05, 4.69) is 5.10 Å². The van der Waals surface area contributed by atoms with Crippen molar-refractivity contribution >= 4 is 5.78 Å². The molecule has 0 amide bonds. The highest BCUT2D eigenvalue weighted by atomic mass is 16.5. The number of ether oxygens (including phenoxy) is 1. The van der Waals surface area contributed by atoms with Crippen LogP contribution in [0.15, 0.2) is 47.4 Å². The molecule has 5 nitrogen and oxygen atoms in total. The minimum atomic E-state index is -0.297. The minimum absolute atomic E-state index is 0.0765. The molecule has 0 aliphatic heterocycles. The maximum Gasteiger partial charge on any atom is 0.267 e. The Labute approximate surface area is 104 Å². The van der Waals surface area contributed by atoms with Gasteiger partial charge in [-0.2, -0.15) is 5.10 Å². The van der Waals surface area contributed by atoms with Crippen LogP contribution in [-0.2, 0) is 6.54 Å². The largest absolute Gasteiger partial charge is 0.497 e. The zero-order valence-electron chi connectivity index (χ0n) is 9.87. The Morgan fingerprint density at radius 2 is 2.17 bits per heavy atom. The van der Waals surface area contributed by atoms with Gasteiger partial charge in [0, 0.05) is 17.8 Å². The maximum absolute atomic E-state index is 12.0. The van der Waals surface area contributed by atoms with Gasteiger partial charge in [-0.25, -0.2) is 4.68 Å². The number of rotatable bonds is 4. The van der Waals surface area contributed by atoms with Gasteiger partial charge in [-0.3, -0.25) is 9.59 Å². The molecule has 0 unspecified atom stereocenters. The van der Waals surface area contributed by atoms with Crippen LogP contribution in [0, 0.1) is 0 Å². The van der Waals surface area contributed by atoms with Crippen LogP contribution in [0.25, 0.3) is 0 Å². The molecule has 0 aliphatic rings. The molecule has 1 heterocycles. The first-order valence-corrected chi connectivity index (χ1v) is 5.40. The molecule has 1 aromatic carbocycles. The van der Waals surface area contributed by atoms with Crippen molar-refractivity contribution in [3.8, 4) is 5.75 Å². The predicted molar refractivity (Wildman–Crippen MR) is 65.8 cm³/mol. The normalized spacial score (nSPS) is 10.1. The molecule has 92 valence electrons. The van der Waals surface area contributed by atoms with Crippen molar-refractivity contribution in [2.24, 2.45) is 0 Å². The number of benzene rings is 1. The smallest absolute Gasteiger partial charge is 0.267 e. The highest BCUT2D eigenvalue weighted by Gasteiger charge is 2.09. The predicted octanol–water partition coefficient (Wildman–Crippen LogP) is 1.13. The minimum Gasteiger partial charge on any atom is -0.497 e. The van der Waals surface area contributed by atoms with Gasteiger partial charge in [0.05, 0.1) is 7.11 Å². The van der Waals surface area contributed by atoms with Gasteiger partial charge < -0.3 is 4.74 Å². The third-order valence-electron chi connectivity index (χ3n) is 2.47. The number of hydrogen-bond donors (Lipinski definition) is 0. The Morgan fingerprint density at radius 3 is 2.89 bits per heavy atom. The van der Waals surface area contributed by atoms with Crippen LogP contribution in [-0.4, -0.2) is 22.7 Å². The van der Waals surface area contributed by atoms with E-state index >= 15 is 0 Å². The molecule has 0 aliphatic carbocycles. The van der Waals surface area contributed by atoms with Gasteiger partial charge in [0.25, 0.3) is 5.56 Å². The van der Waals surface area contributed by atoms with Crippen LogP contribution in [0.3, 0.4) is 0 Å². The van der Waals surface area contributed by atoms with Gasteiger partial charge in [0.2, 0.25) is 0 Å². The summed E-state index contributed by atoms with van der Waals surface area (Å²) in [7, 11) is 1.53. The van der Waals surface area contributed by atoms with E-state index in [4.69, 9.17) is 4.74 Å². The van der Waals surface area contributed by atoms with E-state index in [1.54, 1.807) is 24.3 Å². The highest BCUT2D eigenvalue weighted by molar-refractivity contribution is 5.96. The molecule has 2 aromatic rings. The Kier molecular flexibility index (Phi) is 3.52. The van der Waals surface area contributed by atoms with Gasteiger partial charge in [-0.15, -0.1) is 0 Å². The summed E-state index contributed by atoms with van der Waals surface area (Å²) >= 11 is 0. The molecular weight excluding hydrogens is 232 g/mol. The molecule has 0 atom stereocenters. The second kappa shape index (κ2) is 5.27. The molecule has 1 aromatic heterocycles. The van der Waals surface area contributed by atoms with Crippen LogP contribution in [0.4, 0.5) is 0 Å². The zero-order valence-corrected chi connectivity index (χ0v) is 9.87. The lowest BCUT2D eigenvalue weighted by Gasteiger charge is -2.05. The van der Waals surface area contributed by atoms with Crippen molar-refractivity contribution in [1.82, 2.24) is 9.78 Å². The number of aromatic nitrogens is 2. The summed E-state index contributed by atoms with van der Waals surface area (Å²) in [6, 6.07) is 9.70. The van der Waals surface area contributed by atoms with Gasteiger partial charge in [-0.1, -0.05) is 12.1 Å². The number of methoxy groups -OCH3 is 1. The fourth-order valence-electron chi connectivity index (χ4n) is 1.53. The average molecular weight is 244 g/mol. The summed E-state index contributed by atoms with van der Waals surface area (Å²) in [4.78, 5) is 23.4. The van der Waals surface area contributed by atoms with Gasteiger partial charge in [0.15, 0.2) is 5.78 Å². The molecule has 0 bridgehead atoms. The molecule has 2 rings (SSSR count). The van der Waals surface area contributed by atoms with Crippen LogP contribution in [0.1, 0.15) is 10.4 Å². The van der Waals surface area contributed by atoms with E-state index in [1.165, 1.54) is 25.4 Å². The number of Topliss-reactive ketones (excluding diaryl/α,β-unsaturated/α-hetero) is 1. The molecule has 5 heteroatoms. The summed E-state index contributed by atoms with van der Waals surface area (Å²) in [5.74, 6) is 0.420. The molecule has 0 saturated heterocycles. The quantitative estimate of drug-likeness (QED) is 0.756. The standard InChI is InChI=1S/C13H12N2O3/c1-18-11-5-2-4-10(8-11)12(16)9-15-13(17)6-3-7-14-15/h2-8H,9H2,1H3. The van der Waals surface area contributed by atoms with Crippen molar-refractivity contribution in [3.05, 3.63) is 58.5 Å². The molecule has 0 fully saturated rings. The lowest BCUT2D eigenvalue weighted by molar-refractivity contribution is 0.0965. The van der Waals surface area contributed by atoms with E-state index < -0.39 is 0 Å². The highest BCUT2D eigenvalue weighted by Crippen LogP contribution is 2.13.